The van der Waals surface area contributed by atoms with Crippen molar-refractivity contribution in [3.8, 4) is 11.5 Å². The van der Waals surface area contributed by atoms with Gasteiger partial charge < -0.3 is 47.4 Å². The molecule has 0 aliphatic heterocycles. The van der Waals surface area contributed by atoms with E-state index < -0.39 is 0 Å². The van der Waals surface area contributed by atoms with Gasteiger partial charge in [-0.1, -0.05) is 36.4 Å². The minimum atomic E-state index is 0. The van der Waals surface area contributed by atoms with E-state index in [9.17, 15) is 0 Å². The first kappa shape index (κ1) is 26.1. The van der Waals surface area contributed by atoms with Crippen LogP contribution in [0.2, 0.25) is 0 Å². The predicted octanol–water partition coefficient (Wildman–Crippen LogP) is -6.58. The quantitative estimate of drug-likeness (QED) is 0.474. The van der Waals surface area contributed by atoms with Crippen LogP contribution < -0.4 is 37.2 Å². The van der Waals surface area contributed by atoms with E-state index in [2.05, 4.69) is 0 Å². The van der Waals surface area contributed by atoms with Crippen molar-refractivity contribution in [1.29, 1.82) is 0 Å². The molecule has 0 amide bonds. The molecule has 0 bridgehead atoms. The zero-order chi connectivity index (χ0) is 10.2. The molecule has 0 saturated carbocycles. The summed E-state index contributed by atoms with van der Waals surface area (Å²) in [5.41, 5.74) is 0. The Morgan fingerprint density at radius 2 is 0.722 bits per heavy atom. The molecule has 0 aliphatic carbocycles. The number of hydrogen-bond donors (Lipinski definition) is 2. The maximum atomic E-state index is 8.63. The molecule has 0 fully saturated rings. The molecule has 0 aliphatic rings. The smallest absolute Gasteiger partial charge is 1.00 e. The van der Waals surface area contributed by atoms with Crippen LogP contribution in [0, 0.1) is 0 Å². The molecule has 0 atom stereocenters. The van der Waals surface area contributed by atoms with Gasteiger partial charge in [-0.25, -0.2) is 0 Å². The van der Waals surface area contributed by atoms with Gasteiger partial charge in [0.05, 0.1) is 0 Å². The first-order valence-corrected chi connectivity index (χ1v) is 4.27. The Balaban J connectivity index is -0.0000000891. The molecule has 18 heavy (non-hydrogen) atoms. The number of rotatable bonds is 0. The van der Waals surface area contributed by atoms with E-state index in [4.69, 9.17) is 10.2 Å². The molecule has 2 aromatic rings. The summed E-state index contributed by atoms with van der Waals surface area (Å²) in [6.45, 7) is 0. The van der Waals surface area contributed by atoms with Crippen LogP contribution in [0.15, 0.2) is 60.7 Å². The standard InChI is InChI=1S/2C6H6O.Al.3ClH/c2*7-6-4-2-1-3-5-6;;;;/h2*1-5,7H;;3*1H/q;;+3;;;/p-3. The molecule has 0 unspecified atom stereocenters. The van der Waals surface area contributed by atoms with Gasteiger partial charge in [0.2, 0.25) is 0 Å². The average Bonchev–Trinajstić information content (AvgIpc) is 2.21. The van der Waals surface area contributed by atoms with Crippen LogP contribution in [-0.4, -0.2) is 27.6 Å². The zero-order valence-electron chi connectivity index (χ0n) is 9.38. The summed E-state index contributed by atoms with van der Waals surface area (Å²) < 4.78 is 0. The van der Waals surface area contributed by atoms with Crippen LogP contribution in [0.1, 0.15) is 0 Å². The van der Waals surface area contributed by atoms with Crippen molar-refractivity contribution in [3.63, 3.8) is 0 Å². The first-order valence-electron chi connectivity index (χ1n) is 4.27. The summed E-state index contributed by atoms with van der Waals surface area (Å²) in [7, 11) is 0. The van der Waals surface area contributed by atoms with Crippen molar-refractivity contribution >= 4 is 17.4 Å². The Morgan fingerprint density at radius 1 is 0.500 bits per heavy atom. The summed E-state index contributed by atoms with van der Waals surface area (Å²) in [6, 6.07) is 17.4. The van der Waals surface area contributed by atoms with Gasteiger partial charge in [-0.2, -0.15) is 0 Å². The molecular weight excluding hydrogens is 309 g/mol. The van der Waals surface area contributed by atoms with Crippen molar-refractivity contribution in [2.75, 3.05) is 0 Å². The largest absolute Gasteiger partial charge is 3.00 e. The van der Waals surface area contributed by atoms with Gasteiger partial charge in [0.25, 0.3) is 0 Å². The molecule has 2 N–H and O–H groups in total. The van der Waals surface area contributed by atoms with Crippen LogP contribution >= 0.6 is 0 Å². The van der Waals surface area contributed by atoms with Gasteiger partial charge >= 0.3 is 17.4 Å². The second kappa shape index (κ2) is 16.4. The number of hydrogen-bond acceptors (Lipinski definition) is 2. The molecule has 2 rings (SSSR count). The average molecular weight is 322 g/mol. The number of aromatic hydroxyl groups is 2. The van der Waals surface area contributed by atoms with Gasteiger partial charge in [0.15, 0.2) is 0 Å². The first-order chi connectivity index (χ1) is 6.79. The third-order valence-corrected chi connectivity index (χ3v) is 1.51. The Morgan fingerprint density at radius 3 is 0.833 bits per heavy atom. The van der Waals surface area contributed by atoms with Crippen molar-refractivity contribution in [1.82, 2.24) is 0 Å². The Kier molecular flexibility index (Phi) is 23.8. The molecule has 2 aromatic carbocycles. The second-order valence-electron chi connectivity index (χ2n) is 2.67. The van der Waals surface area contributed by atoms with Crippen molar-refractivity contribution in [2.24, 2.45) is 0 Å². The summed E-state index contributed by atoms with van der Waals surface area (Å²) in [4.78, 5) is 0. The van der Waals surface area contributed by atoms with Crippen LogP contribution in [0.3, 0.4) is 0 Å². The minimum absolute atomic E-state index is 0. The van der Waals surface area contributed by atoms with E-state index in [1.165, 1.54) is 0 Å². The molecule has 2 nitrogen and oxygen atoms in total. The molecule has 6 heteroatoms. The number of halogens is 3. The van der Waals surface area contributed by atoms with Gasteiger partial charge in [0.1, 0.15) is 11.5 Å². The minimum Gasteiger partial charge on any atom is -1.00 e. The molecule has 0 saturated heterocycles. The number of phenolic OH excluding ortho intramolecular Hbond substituents is 2. The van der Waals surface area contributed by atoms with Crippen LogP contribution in [0.4, 0.5) is 0 Å². The summed E-state index contributed by atoms with van der Waals surface area (Å²) in [6.07, 6.45) is 0. The molecule has 0 aromatic heterocycles. The van der Waals surface area contributed by atoms with Gasteiger partial charge in [0, 0.05) is 0 Å². The van der Waals surface area contributed by atoms with E-state index in [0.717, 1.165) is 0 Å². The monoisotopic (exact) mass is 320 g/mol. The second-order valence-corrected chi connectivity index (χ2v) is 2.67. The maximum Gasteiger partial charge on any atom is 3.00 e. The summed E-state index contributed by atoms with van der Waals surface area (Å²) in [5, 5.41) is 17.3. The van der Waals surface area contributed by atoms with E-state index >= 15 is 0 Å². The molecule has 96 valence electrons. The van der Waals surface area contributed by atoms with E-state index in [0.29, 0.717) is 11.5 Å². The molecule has 0 radical (unpaired) electrons. The maximum absolute atomic E-state index is 8.63. The van der Waals surface area contributed by atoms with Crippen molar-refractivity contribution < 1.29 is 47.4 Å². The fraction of sp³-hybridized carbons (Fsp3) is 0. The summed E-state index contributed by atoms with van der Waals surface area (Å²) in [5.74, 6) is 0.644. The fourth-order valence-electron chi connectivity index (χ4n) is 0.856. The third kappa shape index (κ3) is 13.5. The van der Waals surface area contributed by atoms with Crippen molar-refractivity contribution in [3.05, 3.63) is 60.7 Å². The van der Waals surface area contributed by atoms with Crippen molar-refractivity contribution in [2.45, 2.75) is 0 Å². The summed E-state index contributed by atoms with van der Waals surface area (Å²) >= 11 is 0. The van der Waals surface area contributed by atoms with E-state index in [1.54, 1.807) is 48.5 Å². The van der Waals surface area contributed by atoms with Crippen LogP contribution in [0.5, 0.6) is 11.5 Å². The number of phenols is 2. The Bertz CT molecular complexity index is 323. The SMILES string of the molecule is Oc1ccccc1.Oc1ccccc1.[Al+3].[Cl-].[Cl-].[Cl-]. The van der Waals surface area contributed by atoms with E-state index in [1.807, 2.05) is 12.1 Å². The van der Waals surface area contributed by atoms with E-state index in [-0.39, 0.29) is 54.6 Å². The topological polar surface area (TPSA) is 40.5 Å². The Labute approximate surface area is 136 Å². The fourth-order valence-corrected chi connectivity index (χ4v) is 0.856. The van der Waals surface area contributed by atoms with Crippen LogP contribution in [-0.2, 0) is 0 Å². The molecule has 0 spiro atoms. The number of benzene rings is 2. The molecular formula is C12H12AlCl3O2. The molecule has 0 heterocycles. The number of para-hydroxylation sites is 2. The van der Waals surface area contributed by atoms with Gasteiger partial charge in [-0.3, -0.25) is 0 Å². The van der Waals surface area contributed by atoms with Gasteiger partial charge in [-0.05, 0) is 24.3 Å². The van der Waals surface area contributed by atoms with Gasteiger partial charge in [-0.15, -0.1) is 0 Å². The normalized spacial score (nSPS) is 6.67. The third-order valence-electron chi connectivity index (χ3n) is 1.51. The predicted molar refractivity (Wildman–Crippen MR) is 62.0 cm³/mol. The Hall–Kier alpha value is -0.558. The van der Waals surface area contributed by atoms with Crippen LogP contribution in [0.25, 0.3) is 0 Å². The zero-order valence-corrected chi connectivity index (χ0v) is 12.8.